The first-order valence-corrected chi connectivity index (χ1v) is 10.1. The van der Waals surface area contributed by atoms with Gasteiger partial charge in [0.25, 0.3) is 0 Å². The van der Waals surface area contributed by atoms with Crippen LogP contribution in [0.4, 0.5) is 0 Å². The maximum atomic E-state index is 11.6. The fraction of sp³-hybridized carbons (Fsp3) is 0.192. The van der Waals surface area contributed by atoms with Gasteiger partial charge in [0.1, 0.15) is 31.2 Å². The highest BCUT2D eigenvalue weighted by molar-refractivity contribution is 5.94. The first-order valence-electron chi connectivity index (χ1n) is 10.1. The molecule has 31 heavy (non-hydrogen) atoms. The number of esters is 1. The second kappa shape index (κ2) is 11.5. The van der Waals surface area contributed by atoms with Gasteiger partial charge in [-0.15, -0.1) is 0 Å². The summed E-state index contributed by atoms with van der Waals surface area (Å²) in [6.07, 6.45) is 5.79. The van der Waals surface area contributed by atoms with Crippen molar-refractivity contribution in [2.75, 3.05) is 6.61 Å². The molecule has 5 nitrogen and oxygen atoms in total. The average molecular weight is 415 g/mol. The Morgan fingerprint density at radius 1 is 0.935 bits per heavy atom. The summed E-state index contributed by atoms with van der Waals surface area (Å²) >= 11 is 0. The summed E-state index contributed by atoms with van der Waals surface area (Å²) in [6, 6.07) is 21.8. The van der Waals surface area contributed by atoms with Gasteiger partial charge in [0, 0.05) is 12.4 Å². The maximum Gasteiger partial charge on any atom is 0.313 e. The molecule has 1 aromatic heterocycles. The van der Waals surface area contributed by atoms with E-state index in [0.29, 0.717) is 13.0 Å². The summed E-state index contributed by atoms with van der Waals surface area (Å²) in [5, 5.41) is 0. The van der Waals surface area contributed by atoms with Gasteiger partial charge in [-0.2, -0.15) is 0 Å². The predicted octanol–water partition coefficient (Wildman–Crippen LogP) is 4.81. The number of rotatable bonds is 10. The SMILES string of the molecule is CC(=O)CC(=O)OCC=C(Cc1ccc(OCc2ccccc2)cc1)c1cccnc1. The number of carbonyl (C=O) groups is 2. The molecular weight excluding hydrogens is 390 g/mol. The van der Waals surface area contributed by atoms with Gasteiger partial charge in [0.05, 0.1) is 0 Å². The third-order valence-electron chi connectivity index (χ3n) is 4.57. The van der Waals surface area contributed by atoms with E-state index < -0.39 is 5.97 Å². The summed E-state index contributed by atoms with van der Waals surface area (Å²) in [4.78, 5) is 26.9. The lowest BCUT2D eigenvalue weighted by atomic mass is 9.99. The molecule has 3 aromatic rings. The van der Waals surface area contributed by atoms with E-state index in [1.54, 1.807) is 12.4 Å². The van der Waals surface area contributed by atoms with Crippen molar-refractivity contribution >= 4 is 17.3 Å². The van der Waals surface area contributed by atoms with Crippen LogP contribution in [0.3, 0.4) is 0 Å². The molecule has 0 spiro atoms. The number of hydrogen-bond acceptors (Lipinski definition) is 5. The number of ether oxygens (including phenoxy) is 2. The zero-order valence-electron chi connectivity index (χ0n) is 17.5. The van der Waals surface area contributed by atoms with Crippen molar-refractivity contribution in [3.8, 4) is 5.75 Å². The lowest BCUT2D eigenvalue weighted by molar-refractivity contribution is -0.144. The Morgan fingerprint density at radius 2 is 1.71 bits per heavy atom. The highest BCUT2D eigenvalue weighted by atomic mass is 16.5. The Kier molecular flexibility index (Phi) is 8.12. The van der Waals surface area contributed by atoms with Gasteiger partial charge in [0.2, 0.25) is 0 Å². The van der Waals surface area contributed by atoms with Crippen molar-refractivity contribution in [3.63, 3.8) is 0 Å². The second-order valence-electron chi connectivity index (χ2n) is 7.13. The smallest absolute Gasteiger partial charge is 0.313 e. The molecule has 5 heteroatoms. The third kappa shape index (κ3) is 7.55. The molecule has 3 rings (SSSR count). The van der Waals surface area contributed by atoms with Crippen LogP contribution in [0.15, 0.2) is 85.2 Å². The molecule has 0 unspecified atom stereocenters. The first kappa shape index (κ1) is 22.0. The van der Waals surface area contributed by atoms with Crippen LogP contribution < -0.4 is 4.74 Å². The Hall–Kier alpha value is -3.73. The third-order valence-corrected chi connectivity index (χ3v) is 4.57. The summed E-state index contributed by atoms with van der Waals surface area (Å²) in [5.74, 6) is 0.0721. The minimum Gasteiger partial charge on any atom is -0.489 e. The molecule has 0 fully saturated rings. The Morgan fingerprint density at radius 3 is 2.39 bits per heavy atom. The van der Waals surface area contributed by atoms with Crippen LogP contribution in [0.25, 0.3) is 5.57 Å². The van der Waals surface area contributed by atoms with Crippen LogP contribution in [0.1, 0.15) is 30.0 Å². The van der Waals surface area contributed by atoms with Crippen LogP contribution in [-0.2, 0) is 27.4 Å². The van der Waals surface area contributed by atoms with Gasteiger partial charge in [-0.1, -0.05) is 48.5 Å². The molecule has 0 aliphatic rings. The van der Waals surface area contributed by atoms with Gasteiger partial charge in [-0.25, -0.2) is 0 Å². The molecule has 0 bridgehead atoms. The van der Waals surface area contributed by atoms with Gasteiger partial charge in [0.15, 0.2) is 0 Å². The highest BCUT2D eigenvalue weighted by Crippen LogP contribution is 2.21. The van der Waals surface area contributed by atoms with Crippen molar-refractivity contribution in [2.45, 2.75) is 26.4 Å². The molecule has 0 atom stereocenters. The van der Waals surface area contributed by atoms with Gasteiger partial charge < -0.3 is 9.47 Å². The molecule has 2 aromatic carbocycles. The van der Waals surface area contributed by atoms with Crippen LogP contribution in [0.2, 0.25) is 0 Å². The quantitative estimate of drug-likeness (QED) is 0.351. The van der Waals surface area contributed by atoms with E-state index in [0.717, 1.165) is 28.0 Å². The summed E-state index contributed by atoms with van der Waals surface area (Å²) < 4.78 is 11.0. The van der Waals surface area contributed by atoms with Crippen LogP contribution in [-0.4, -0.2) is 23.3 Å². The van der Waals surface area contributed by atoms with E-state index in [-0.39, 0.29) is 18.8 Å². The van der Waals surface area contributed by atoms with E-state index in [4.69, 9.17) is 9.47 Å². The fourth-order valence-electron chi connectivity index (χ4n) is 3.00. The van der Waals surface area contributed by atoms with Gasteiger partial charge in [-0.05, 0) is 59.9 Å². The van der Waals surface area contributed by atoms with E-state index in [1.807, 2.05) is 72.8 Å². The van der Waals surface area contributed by atoms with Crippen LogP contribution in [0, 0.1) is 0 Å². The molecule has 0 N–H and O–H groups in total. The molecule has 0 aliphatic carbocycles. The summed E-state index contributed by atoms with van der Waals surface area (Å²) in [6.45, 7) is 1.99. The fourth-order valence-corrected chi connectivity index (χ4v) is 3.00. The number of hydrogen-bond donors (Lipinski definition) is 0. The number of allylic oxidation sites excluding steroid dienone is 1. The average Bonchev–Trinajstić information content (AvgIpc) is 2.79. The van der Waals surface area contributed by atoms with Crippen molar-refractivity contribution in [3.05, 3.63) is 102 Å². The van der Waals surface area contributed by atoms with Gasteiger partial charge >= 0.3 is 5.97 Å². The van der Waals surface area contributed by atoms with E-state index in [1.165, 1.54) is 6.92 Å². The van der Waals surface area contributed by atoms with E-state index >= 15 is 0 Å². The topological polar surface area (TPSA) is 65.5 Å². The standard InChI is InChI=1S/C26H25NO4/c1-20(28)16-26(29)30-15-13-23(24-8-5-14-27-18-24)17-21-9-11-25(12-10-21)31-19-22-6-3-2-4-7-22/h2-14,18H,15-17,19H2,1H3. The van der Waals surface area contributed by atoms with Gasteiger partial charge in [-0.3, -0.25) is 14.6 Å². The minimum absolute atomic E-state index is 0.106. The number of Topliss-reactive ketones (excluding diaryl/α,β-unsaturated/α-hetero) is 1. The largest absolute Gasteiger partial charge is 0.489 e. The number of pyridine rings is 1. The lowest BCUT2D eigenvalue weighted by Crippen LogP contribution is -2.09. The molecular formula is C26H25NO4. The lowest BCUT2D eigenvalue weighted by Gasteiger charge is -2.10. The van der Waals surface area contributed by atoms with Crippen molar-refractivity contribution in [1.29, 1.82) is 0 Å². The number of nitrogens with zero attached hydrogens (tertiary/aromatic N) is 1. The molecule has 0 radical (unpaired) electrons. The molecule has 0 saturated heterocycles. The molecule has 158 valence electrons. The molecule has 1 heterocycles. The van der Waals surface area contributed by atoms with Crippen molar-refractivity contribution in [1.82, 2.24) is 4.98 Å². The summed E-state index contributed by atoms with van der Waals surface area (Å²) in [7, 11) is 0. The molecule has 0 saturated carbocycles. The Balaban J connectivity index is 1.64. The minimum atomic E-state index is -0.519. The number of aromatic nitrogens is 1. The summed E-state index contributed by atoms with van der Waals surface area (Å²) in [5.41, 5.74) is 4.15. The maximum absolute atomic E-state index is 11.6. The zero-order chi connectivity index (χ0) is 21.9. The normalized spacial score (nSPS) is 11.1. The number of ketones is 1. The van der Waals surface area contributed by atoms with Crippen molar-refractivity contribution in [2.24, 2.45) is 0 Å². The Bertz CT molecular complexity index is 1010. The number of carbonyl (C=O) groups excluding carboxylic acids is 2. The monoisotopic (exact) mass is 415 g/mol. The number of benzene rings is 2. The first-order chi connectivity index (χ1) is 15.1. The zero-order valence-corrected chi connectivity index (χ0v) is 17.5. The second-order valence-corrected chi connectivity index (χ2v) is 7.13. The highest BCUT2D eigenvalue weighted by Gasteiger charge is 2.08. The predicted molar refractivity (Wildman–Crippen MR) is 119 cm³/mol. The van der Waals surface area contributed by atoms with Crippen LogP contribution >= 0.6 is 0 Å². The molecule has 0 aliphatic heterocycles. The molecule has 0 amide bonds. The van der Waals surface area contributed by atoms with E-state index in [2.05, 4.69) is 4.98 Å². The van der Waals surface area contributed by atoms with Crippen LogP contribution in [0.5, 0.6) is 5.75 Å². The van der Waals surface area contributed by atoms with E-state index in [9.17, 15) is 9.59 Å². The Labute approximate surface area is 182 Å². The van der Waals surface area contributed by atoms with Crippen molar-refractivity contribution < 1.29 is 19.1 Å².